The number of carbonyl (C=O) groups is 2. The summed E-state index contributed by atoms with van der Waals surface area (Å²) in [6.45, 7) is 13.7. The lowest BCUT2D eigenvalue weighted by molar-refractivity contribution is -0.125. The van der Waals surface area contributed by atoms with E-state index in [2.05, 4.69) is 37.5 Å². The minimum Gasteiger partial charge on any atom is -0.372 e. The van der Waals surface area contributed by atoms with Crippen molar-refractivity contribution >= 4 is 23.2 Å². The molecule has 1 aromatic carbocycles. The summed E-state index contributed by atoms with van der Waals surface area (Å²) >= 11 is 0. The molecule has 0 saturated carbocycles. The highest BCUT2D eigenvalue weighted by molar-refractivity contribution is 5.94. The molecule has 172 valence electrons. The van der Waals surface area contributed by atoms with Crippen molar-refractivity contribution in [2.45, 2.75) is 58.5 Å². The number of hydrogen-bond acceptors (Lipinski definition) is 5. The SMILES string of the molecule is CC(C(=O)Nc1ccc(N2CCCCC2)cc1)N1CCN(CC(=O)NC(C)(C)C)CC1. The Labute approximate surface area is 187 Å². The smallest absolute Gasteiger partial charge is 0.241 e. The number of anilines is 2. The summed E-state index contributed by atoms with van der Waals surface area (Å²) < 4.78 is 0. The van der Waals surface area contributed by atoms with Crippen LogP contribution >= 0.6 is 0 Å². The average Bonchev–Trinajstić information content (AvgIpc) is 2.73. The molecule has 0 aliphatic carbocycles. The standard InChI is InChI=1S/C24H39N5O2/c1-19(28-16-14-27(15-17-28)18-22(30)26-24(2,3)4)23(31)25-20-8-10-21(11-9-20)29-12-6-5-7-13-29/h8-11,19H,5-7,12-18H2,1-4H3,(H,25,31)(H,26,30). The van der Waals surface area contributed by atoms with Gasteiger partial charge >= 0.3 is 0 Å². The molecular weight excluding hydrogens is 390 g/mol. The van der Waals surface area contributed by atoms with E-state index in [4.69, 9.17) is 0 Å². The summed E-state index contributed by atoms with van der Waals surface area (Å²) in [5.74, 6) is 0.0735. The summed E-state index contributed by atoms with van der Waals surface area (Å²) in [5, 5.41) is 6.07. The second kappa shape index (κ2) is 10.5. The number of rotatable bonds is 6. The molecule has 2 saturated heterocycles. The van der Waals surface area contributed by atoms with Gasteiger partial charge in [-0.1, -0.05) is 0 Å². The zero-order valence-corrected chi connectivity index (χ0v) is 19.6. The second-order valence-corrected chi connectivity index (χ2v) is 9.87. The van der Waals surface area contributed by atoms with Gasteiger partial charge in [-0.25, -0.2) is 0 Å². The van der Waals surface area contributed by atoms with Crippen molar-refractivity contribution in [3.05, 3.63) is 24.3 Å². The number of nitrogens with zero attached hydrogens (tertiary/aromatic N) is 3. The Morgan fingerprint density at radius 1 is 0.935 bits per heavy atom. The lowest BCUT2D eigenvalue weighted by atomic mass is 10.1. The van der Waals surface area contributed by atoms with E-state index >= 15 is 0 Å². The van der Waals surface area contributed by atoms with E-state index in [9.17, 15) is 9.59 Å². The van der Waals surface area contributed by atoms with Crippen LogP contribution in [0, 0.1) is 0 Å². The van der Waals surface area contributed by atoms with Gasteiger partial charge < -0.3 is 15.5 Å². The first-order valence-electron chi connectivity index (χ1n) is 11.6. The summed E-state index contributed by atoms with van der Waals surface area (Å²) in [5.41, 5.74) is 1.87. The topological polar surface area (TPSA) is 67.9 Å². The minimum atomic E-state index is -0.211. The summed E-state index contributed by atoms with van der Waals surface area (Å²) in [6, 6.07) is 8.01. The van der Waals surface area contributed by atoms with Crippen LogP contribution in [0.25, 0.3) is 0 Å². The molecule has 0 radical (unpaired) electrons. The Morgan fingerprint density at radius 3 is 2.13 bits per heavy atom. The van der Waals surface area contributed by atoms with Gasteiger partial charge in [0.05, 0.1) is 12.6 Å². The average molecular weight is 430 g/mol. The third-order valence-corrected chi connectivity index (χ3v) is 6.07. The molecule has 0 aromatic heterocycles. The van der Waals surface area contributed by atoms with E-state index in [0.29, 0.717) is 6.54 Å². The third kappa shape index (κ3) is 7.21. The number of hydrogen-bond donors (Lipinski definition) is 2. The quantitative estimate of drug-likeness (QED) is 0.727. The van der Waals surface area contributed by atoms with E-state index in [1.54, 1.807) is 0 Å². The minimum absolute atomic E-state index is 0.0182. The van der Waals surface area contributed by atoms with Gasteiger partial charge in [0.15, 0.2) is 0 Å². The van der Waals surface area contributed by atoms with Crippen molar-refractivity contribution in [1.29, 1.82) is 0 Å². The number of amides is 2. The van der Waals surface area contributed by atoms with Gasteiger partial charge in [0.2, 0.25) is 11.8 Å². The Morgan fingerprint density at radius 2 is 1.55 bits per heavy atom. The molecule has 2 amide bonds. The molecule has 2 aliphatic rings. The second-order valence-electron chi connectivity index (χ2n) is 9.87. The van der Waals surface area contributed by atoms with Crippen molar-refractivity contribution in [2.75, 3.05) is 56.0 Å². The van der Waals surface area contributed by atoms with Crippen LogP contribution in [-0.4, -0.2) is 79.0 Å². The van der Waals surface area contributed by atoms with E-state index in [1.807, 2.05) is 39.8 Å². The predicted octanol–water partition coefficient (Wildman–Crippen LogP) is 2.54. The highest BCUT2D eigenvalue weighted by Crippen LogP contribution is 2.22. The number of piperidine rings is 1. The maximum absolute atomic E-state index is 12.8. The van der Waals surface area contributed by atoms with Crippen LogP contribution < -0.4 is 15.5 Å². The van der Waals surface area contributed by atoms with Crippen LogP contribution in [-0.2, 0) is 9.59 Å². The van der Waals surface area contributed by atoms with Crippen LogP contribution in [0.15, 0.2) is 24.3 Å². The molecule has 1 unspecified atom stereocenters. The van der Waals surface area contributed by atoms with Gasteiger partial charge in [0, 0.05) is 56.2 Å². The molecule has 0 spiro atoms. The zero-order valence-electron chi connectivity index (χ0n) is 19.6. The first kappa shape index (κ1) is 23.5. The lowest BCUT2D eigenvalue weighted by Gasteiger charge is -2.37. The van der Waals surface area contributed by atoms with Crippen molar-refractivity contribution in [3.8, 4) is 0 Å². The van der Waals surface area contributed by atoms with Crippen molar-refractivity contribution in [1.82, 2.24) is 15.1 Å². The Kier molecular flexibility index (Phi) is 7.94. The largest absolute Gasteiger partial charge is 0.372 e. The monoisotopic (exact) mass is 429 g/mol. The molecule has 2 N–H and O–H groups in total. The molecule has 31 heavy (non-hydrogen) atoms. The van der Waals surface area contributed by atoms with Crippen LogP contribution in [0.5, 0.6) is 0 Å². The maximum Gasteiger partial charge on any atom is 0.241 e. The van der Waals surface area contributed by atoms with Crippen LogP contribution in [0.2, 0.25) is 0 Å². The molecule has 7 nitrogen and oxygen atoms in total. The molecule has 1 atom stereocenters. The van der Waals surface area contributed by atoms with Crippen molar-refractivity contribution in [2.24, 2.45) is 0 Å². The van der Waals surface area contributed by atoms with Crippen molar-refractivity contribution < 1.29 is 9.59 Å². The highest BCUT2D eigenvalue weighted by atomic mass is 16.2. The Balaban J connectivity index is 1.43. The molecule has 0 bridgehead atoms. The summed E-state index contributed by atoms with van der Waals surface area (Å²) in [7, 11) is 0. The molecule has 3 rings (SSSR count). The molecular formula is C24H39N5O2. The Hall–Kier alpha value is -2.12. The third-order valence-electron chi connectivity index (χ3n) is 6.07. The molecule has 2 heterocycles. The van der Waals surface area contributed by atoms with Crippen LogP contribution in [0.3, 0.4) is 0 Å². The zero-order chi connectivity index (χ0) is 22.4. The highest BCUT2D eigenvalue weighted by Gasteiger charge is 2.27. The first-order valence-corrected chi connectivity index (χ1v) is 11.6. The summed E-state index contributed by atoms with van der Waals surface area (Å²) in [6.07, 6.45) is 3.83. The molecule has 7 heteroatoms. The van der Waals surface area contributed by atoms with Gasteiger partial charge in [0.25, 0.3) is 0 Å². The normalized spacial score (nSPS) is 19.7. The predicted molar refractivity (Wildman–Crippen MR) is 127 cm³/mol. The lowest BCUT2D eigenvalue weighted by Crippen LogP contribution is -2.55. The molecule has 1 aromatic rings. The number of benzene rings is 1. The Bertz CT molecular complexity index is 729. The van der Waals surface area contributed by atoms with E-state index < -0.39 is 0 Å². The van der Waals surface area contributed by atoms with Gasteiger partial charge in [-0.05, 0) is 71.2 Å². The van der Waals surface area contributed by atoms with Gasteiger partial charge in [0.1, 0.15) is 0 Å². The fraction of sp³-hybridized carbons (Fsp3) is 0.667. The van der Waals surface area contributed by atoms with Crippen LogP contribution in [0.1, 0.15) is 47.0 Å². The number of carbonyl (C=O) groups excluding carboxylic acids is 2. The van der Waals surface area contributed by atoms with E-state index in [1.165, 1.54) is 24.9 Å². The number of piperazine rings is 1. The fourth-order valence-electron chi connectivity index (χ4n) is 4.29. The van der Waals surface area contributed by atoms with Gasteiger partial charge in [-0.15, -0.1) is 0 Å². The maximum atomic E-state index is 12.8. The first-order chi connectivity index (χ1) is 14.7. The number of nitrogens with one attached hydrogen (secondary N) is 2. The van der Waals surface area contributed by atoms with E-state index in [-0.39, 0.29) is 23.4 Å². The fourth-order valence-corrected chi connectivity index (χ4v) is 4.29. The van der Waals surface area contributed by atoms with E-state index in [0.717, 1.165) is 45.0 Å². The molecule has 2 fully saturated rings. The summed E-state index contributed by atoms with van der Waals surface area (Å²) in [4.78, 5) is 31.7. The van der Waals surface area contributed by atoms with Gasteiger partial charge in [-0.2, -0.15) is 0 Å². The van der Waals surface area contributed by atoms with Gasteiger partial charge in [-0.3, -0.25) is 19.4 Å². The molecule has 2 aliphatic heterocycles. The van der Waals surface area contributed by atoms with Crippen molar-refractivity contribution in [3.63, 3.8) is 0 Å². The van der Waals surface area contributed by atoms with Crippen LogP contribution in [0.4, 0.5) is 11.4 Å².